The Morgan fingerprint density at radius 3 is 2.35 bits per heavy atom. The molecular formula is C12H12N2O6. The molecule has 20 heavy (non-hydrogen) atoms. The molecule has 1 atom stereocenters. The molecule has 0 bridgehead atoms. The first-order valence-corrected chi connectivity index (χ1v) is 5.52. The van der Waals surface area contributed by atoms with E-state index < -0.39 is 35.0 Å². The average Bonchev–Trinajstić information content (AvgIpc) is 2.37. The number of hydrogen-bond acceptors (Lipinski definition) is 7. The second kappa shape index (κ2) is 6.29. The Morgan fingerprint density at radius 1 is 1.35 bits per heavy atom. The molecule has 0 radical (unpaired) electrons. The minimum absolute atomic E-state index is 0.0189. The standard InChI is InChI=1S/C12H12N2O6/c1-2-20-12(19)7(5-13)11(18)14-6-3-8(15)10(17)9(16)4-6/h3-4,7,15-17H,2H2,1H3,(H,14,18). The van der Waals surface area contributed by atoms with Crippen molar-refractivity contribution in [3.63, 3.8) is 0 Å². The van der Waals surface area contributed by atoms with Crippen LogP contribution in [0.25, 0.3) is 0 Å². The molecule has 0 aliphatic carbocycles. The number of ether oxygens (including phenoxy) is 1. The van der Waals surface area contributed by atoms with E-state index in [1.807, 2.05) is 0 Å². The highest BCUT2D eigenvalue weighted by Gasteiger charge is 2.28. The maximum Gasteiger partial charge on any atom is 0.333 e. The van der Waals surface area contributed by atoms with E-state index in [2.05, 4.69) is 10.1 Å². The van der Waals surface area contributed by atoms with Crippen molar-refractivity contribution in [3.05, 3.63) is 12.1 Å². The summed E-state index contributed by atoms with van der Waals surface area (Å²) in [6, 6.07) is 3.39. The van der Waals surface area contributed by atoms with Gasteiger partial charge in [-0.25, -0.2) is 0 Å². The Balaban J connectivity index is 2.90. The van der Waals surface area contributed by atoms with Crippen LogP contribution >= 0.6 is 0 Å². The zero-order valence-corrected chi connectivity index (χ0v) is 10.5. The van der Waals surface area contributed by atoms with Gasteiger partial charge in [0.15, 0.2) is 17.2 Å². The third-order valence-corrected chi connectivity index (χ3v) is 2.25. The number of carbonyl (C=O) groups excluding carboxylic acids is 2. The highest BCUT2D eigenvalue weighted by molar-refractivity contribution is 6.07. The molecule has 8 heteroatoms. The number of benzene rings is 1. The number of carbonyl (C=O) groups is 2. The molecule has 0 spiro atoms. The number of nitriles is 1. The first kappa shape index (κ1) is 15.1. The maximum absolute atomic E-state index is 11.7. The molecule has 0 aliphatic rings. The molecule has 0 fully saturated rings. The van der Waals surface area contributed by atoms with Gasteiger partial charge in [0.2, 0.25) is 5.92 Å². The van der Waals surface area contributed by atoms with Gasteiger partial charge in [0, 0.05) is 17.8 Å². The van der Waals surface area contributed by atoms with Crippen molar-refractivity contribution in [2.75, 3.05) is 11.9 Å². The fraction of sp³-hybridized carbons (Fsp3) is 0.250. The minimum atomic E-state index is -1.67. The summed E-state index contributed by atoms with van der Waals surface area (Å²) in [7, 11) is 0. The third-order valence-electron chi connectivity index (χ3n) is 2.25. The summed E-state index contributed by atoms with van der Waals surface area (Å²) >= 11 is 0. The SMILES string of the molecule is CCOC(=O)C(C#N)C(=O)Nc1cc(O)c(O)c(O)c1. The highest BCUT2D eigenvalue weighted by atomic mass is 16.5. The first-order valence-electron chi connectivity index (χ1n) is 5.52. The van der Waals surface area contributed by atoms with E-state index in [9.17, 15) is 19.8 Å². The monoisotopic (exact) mass is 280 g/mol. The Morgan fingerprint density at radius 2 is 1.90 bits per heavy atom. The predicted octanol–water partition coefficient (Wildman–Crippen LogP) is 0.445. The van der Waals surface area contributed by atoms with Crippen molar-refractivity contribution in [1.82, 2.24) is 0 Å². The van der Waals surface area contributed by atoms with Crippen LogP contribution in [0.5, 0.6) is 17.2 Å². The van der Waals surface area contributed by atoms with Crippen LogP contribution in [0.4, 0.5) is 5.69 Å². The van der Waals surface area contributed by atoms with Crippen molar-refractivity contribution in [2.24, 2.45) is 5.92 Å². The van der Waals surface area contributed by atoms with Gasteiger partial charge in [0.05, 0.1) is 12.7 Å². The molecule has 0 saturated heterocycles. The number of phenols is 3. The molecule has 8 nitrogen and oxygen atoms in total. The Labute approximate surface area is 113 Å². The maximum atomic E-state index is 11.7. The summed E-state index contributed by atoms with van der Waals surface area (Å²) in [5.41, 5.74) is -0.0904. The Kier molecular flexibility index (Phi) is 4.75. The third kappa shape index (κ3) is 3.29. The van der Waals surface area contributed by atoms with E-state index in [4.69, 9.17) is 10.4 Å². The van der Waals surface area contributed by atoms with E-state index in [-0.39, 0.29) is 12.3 Å². The van der Waals surface area contributed by atoms with Crippen LogP contribution in [0, 0.1) is 17.2 Å². The van der Waals surface area contributed by atoms with Crippen LogP contribution in [0.1, 0.15) is 6.92 Å². The molecule has 0 aromatic heterocycles. The number of anilines is 1. The normalized spacial score (nSPS) is 11.2. The molecule has 0 heterocycles. The number of aromatic hydroxyl groups is 3. The second-order valence-electron chi connectivity index (χ2n) is 3.67. The van der Waals surface area contributed by atoms with E-state index in [0.29, 0.717) is 0 Å². The average molecular weight is 280 g/mol. The number of amides is 1. The summed E-state index contributed by atoms with van der Waals surface area (Å²) in [5, 5.41) is 38.6. The lowest BCUT2D eigenvalue weighted by Gasteiger charge is -2.10. The fourth-order valence-electron chi connectivity index (χ4n) is 1.33. The summed E-state index contributed by atoms with van der Waals surface area (Å²) in [6.45, 7) is 1.55. The highest BCUT2D eigenvalue weighted by Crippen LogP contribution is 2.37. The van der Waals surface area contributed by atoms with E-state index in [1.165, 1.54) is 13.0 Å². The molecule has 1 aromatic carbocycles. The number of nitrogens with one attached hydrogen (secondary N) is 1. The number of esters is 1. The zero-order chi connectivity index (χ0) is 15.3. The van der Waals surface area contributed by atoms with Crippen molar-refractivity contribution >= 4 is 17.6 Å². The van der Waals surface area contributed by atoms with Crippen molar-refractivity contribution in [3.8, 4) is 23.3 Å². The number of rotatable bonds is 4. The van der Waals surface area contributed by atoms with Gasteiger partial charge in [-0.1, -0.05) is 0 Å². The molecule has 106 valence electrons. The van der Waals surface area contributed by atoms with Gasteiger partial charge in [-0.3, -0.25) is 9.59 Å². The predicted molar refractivity (Wildman–Crippen MR) is 65.8 cm³/mol. The number of nitrogens with zero attached hydrogens (tertiary/aromatic N) is 1. The molecule has 1 amide bonds. The Bertz CT molecular complexity index is 555. The van der Waals surface area contributed by atoms with E-state index >= 15 is 0 Å². The second-order valence-corrected chi connectivity index (χ2v) is 3.67. The summed E-state index contributed by atoms with van der Waals surface area (Å²) in [4.78, 5) is 23.1. The molecule has 0 saturated carbocycles. The van der Waals surface area contributed by atoms with Gasteiger partial charge in [0.25, 0.3) is 5.91 Å². The van der Waals surface area contributed by atoms with Gasteiger partial charge < -0.3 is 25.4 Å². The number of hydrogen-bond donors (Lipinski definition) is 4. The van der Waals surface area contributed by atoms with E-state index in [1.54, 1.807) is 0 Å². The smallest absolute Gasteiger partial charge is 0.333 e. The quantitative estimate of drug-likeness (QED) is 0.271. The van der Waals surface area contributed by atoms with Gasteiger partial charge in [-0.15, -0.1) is 0 Å². The van der Waals surface area contributed by atoms with Crippen LogP contribution in [0.15, 0.2) is 12.1 Å². The Hall–Kier alpha value is -2.95. The molecule has 0 aliphatic heterocycles. The van der Waals surface area contributed by atoms with Crippen molar-refractivity contribution in [2.45, 2.75) is 6.92 Å². The van der Waals surface area contributed by atoms with Crippen molar-refractivity contribution in [1.29, 1.82) is 5.26 Å². The fourth-order valence-corrected chi connectivity index (χ4v) is 1.33. The van der Waals surface area contributed by atoms with Crippen LogP contribution in [0.2, 0.25) is 0 Å². The van der Waals surface area contributed by atoms with Gasteiger partial charge in [-0.2, -0.15) is 5.26 Å². The number of phenolic OH excluding ortho intramolecular Hbond substituents is 3. The van der Waals surface area contributed by atoms with Gasteiger partial charge in [-0.05, 0) is 6.92 Å². The van der Waals surface area contributed by atoms with Crippen molar-refractivity contribution < 1.29 is 29.6 Å². The molecule has 1 rings (SSSR count). The molecule has 1 unspecified atom stereocenters. The molecule has 1 aromatic rings. The largest absolute Gasteiger partial charge is 0.504 e. The van der Waals surface area contributed by atoms with Crippen LogP contribution < -0.4 is 5.32 Å². The summed E-state index contributed by atoms with van der Waals surface area (Å²) < 4.78 is 4.56. The van der Waals surface area contributed by atoms with Crippen LogP contribution in [0.3, 0.4) is 0 Å². The van der Waals surface area contributed by atoms with Gasteiger partial charge in [0.1, 0.15) is 0 Å². The molecular weight excluding hydrogens is 268 g/mol. The van der Waals surface area contributed by atoms with Crippen LogP contribution in [-0.4, -0.2) is 33.8 Å². The summed E-state index contributed by atoms with van der Waals surface area (Å²) in [5.74, 6) is -5.72. The lowest BCUT2D eigenvalue weighted by Crippen LogP contribution is -2.30. The van der Waals surface area contributed by atoms with Gasteiger partial charge >= 0.3 is 5.97 Å². The topological polar surface area (TPSA) is 140 Å². The van der Waals surface area contributed by atoms with Crippen LogP contribution in [-0.2, 0) is 14.3 Å². The lowest BCUT2D eigenvalue weighted by molar-refractivity contribution is -0.148. The summed E-state index contributed by atoms with van der Waals surface area (Å²) in [6.07, 6.45) is 0. The lowest BCUT2D eigenvalue weighted by atomic mass is 10.1. The van der Waals surface area contributed by atoms with E-state index in [0.717, 1.165) is 12.1 Å². The minimum Gasteiger partial charge on any atom is -0.504 e. The molecule has 4 N–H and O–H groups in total. The first-order chi connectivity index (χ1) is 9.40. The zero-order valence-electron chi connectivity index (χ0n) is 10.5.